The van der Waals surface area contributed by atoms with Gasteiger partial charge in [-0.25, -0.2) is 10.2 Å². The lowest BCUT2D eigenvalue weighted by Gasteiger charge is -2.16. The van der Waals surface area contributed by atoms with Crippen molar-refractivity contribution in [2.24, 2.45) is 5.84 Å². The molecule has 4 N–H and O–H groups in total. The van der Waals surface area contributed by atoms with Crippen LogP contribution in [0.25, 0.3) is 11.1 Å². The van der Waals surface area contributed by atoms with Gasteiger partial charge in [-0.05, 0) is 30.7 Å². The molecule has 3 aromatic rings. The number of hydrogen-bond acceptors (Lipinski definition) is 4. The van der Waals surface area contributed by atoms with Gasteiger partial charge in [0.2, 0.25) is 0 Å². The SMILES string of the molecule is Cc1ccc(Nc2cncc(-c3ccccc3Cl)c2C(=O)NN)c(F)c1. The molecule has 0 unspecified atom stereocenters. The van der Waals surface area contributed by atoms with Crippen molar-refractivity contribution in [1.82, 2.24) is 10.4 Å². The van der Waals surface area contributed by atoms with Gasteiger partial charge >= 0.3 is 0 Å². The van der Waals surface area contributed by atoms with Gasteiger partial charge in [0.15, 0.2) is 0 Å². The van der Waals surface area contributed by atoms with Gasteiger partial charge in [-0.1, -0.05) is 35.9 Å². The van der Waals surface area contributed by atoms with Crippen LogP contribution in [0.3, 0.4) is 0 Å². The van der Waals surface area contributed by atoms with E-state index in [4.69, 9.17) is 17.4 Å². The van der Waals surface area contributed by atoms with E-state index in [2.05, 4.69) is 15.7 Å². The smallest absolute Gasteiger partial charge is 0.268 e. The Labute approximate surface area is 155 Å². The molecule has 0 atom stereocenters. The molecule has 132 valence electrons. The van der Waals surface area contributed by atoms with Crippen molar-refractivity contribution in [3.63, 3.8) is 0 Å². The lowest BCUT2D eigenvalue weighted by Crippen LogP contribution is -2.31. The Morgan fingerprint density at radius 2 is 1.88 bits per heavy atom. The predicted octanol–water partition coefficient (Wildman–Crippen LogP) is 4.20. The number of nitrogen functional groups attached to an aromatic ring is 1. The van der Waals surface area contributed by atoms with E-state index in [-0.39, 0.29) is 11.3 Å². The number of pyridine rings is 1. The molecule has 7 heteroatoms. The molecule has 0 aliphatic heterocycles. The van der Waals surface area contributed by atoms with Crippen molar-refractivity contribution >= 4 is 28.9 Å². The Hall–Kier alpha value is -2.96. The van der Waals surface area contributed by atoms with Crippen molar-refractivity contribution < 1.29 is 9.18 Å². The summed E-state index contributed by atoms with van der Waals surface area (Å²) in [6, 6.07) is 11.8. The van der Waals surface area contributed by atoms with Crippen LogP contribution in [0.15, 0.2) is 54.9 Å². The second-order valence-electron chi connectivity index (χ2n) is 5.67. The summed E-state index contributed by atoms with van der Waals surface area (Å²) in [5.41, 5.74) is 4.76. The fourth-order valence-electron chi connectivity index (χ4n) is 2.62. The van der Waals surface area contributed by atoms with E-state index in [1.165, 1.54) is 18.5 Å². The minimum atomic E-state index is -0.544. The number of amides is 1. The number of rotatable bonds is 4. The zero-order valence-electron chi connectivity index (χ0n) is 13.9. The summed E-state index contributed by atoms with van der Waals surface area (Å²) in [6.07, 6.45) is 2.95. The van der Waals surface area contributed by atoms with Gasteiger partial charge in [-0.15, -0.1) is 0 Å². The van der Waals surface area contributed by atoms with Gasteiger partial charge in [0, 0.05) is 22.3 Å². The molecule has 1 heterocycles. The number of hydrazine groups is 1. The normalized spacial score (nSPS) is 10.5. The second-order valence-corrected chi connectivity index (χ2v) is 6.08. The third-order valence-electron chi connectivity index (χ3n) is 3.86. The number of carbonyl (C=O) groups is 1. The molecule has 26 heavy (non-hydrogen) atoms. The van der Waals surface area contributed by atoms with Gasteiger partial charge in [-0.3, -0.25) is 15.2 Å². The standard InChI is InChI=1S/C19H16ClFN4O/c1-11-6-7-16(15(21)8-11)24-17-10-23-9-13(18(17)19(26)25-22)12-4-2-3-5-14(12)20/h2-10,24H,22H2,1H3,(H,25,26). The Morgan fingerprint density at radius 3 is 2.58 bits per heavy atom. The number of nitrogens with zero attached hydrogens (tertiary/aromatic N) is 1. The van der Waals surface area contributed by atoms with E-state index >= 15 is 0 Å². The number of benzene rings is 2. The Bertz CT molecular complexity index is 978. The summed E-state index contributed by atoms with van der Waals surface area (Å²) in [5.74, 6) is 4.36. The maximum atomic E-state index is 14.2. The molecule has 0 spiro atoms. The summed E-state index contributed by atoms with van der Waals surface area (Å²) in [5, 5.41) is 3.37. The van der Waals surface area contributed by atoms with Crippen LogP contribution in [0.5, 0.6) is 0 Å². The molecule has 0 saturated carbocycles. The third kappa shape index (κ3) is 3.51. The predicted molar refractivity (Wildman–Crippen MR) is 101 cm³/mol. The minimum Gasteiger partial charge on any atom is -0.351 e. The van der Waals surface area contributed by atoms with Crippen LogP contribution in [0.4, 0.5) is 15.8 Å². The van der Waals surface area contributed by atoms with E-state index in [9.17, 15) is 9.18 Å². The van der Waals surface area contributed by atoms with Gasteiger partial charge in [0.1, 0.15) is 5.82 Å². The van der Waals surface area contributed by atoms with E-state index in [1.54, 1.807) is 43.3 Å². The number of hydrogen-bond donors (Lipinski definition) is 3. The topological polar surface area (TPSA) is 80.0 Å². The second kappa shape index (κ2) is 7.51. The first-order chi connectivity index (χ1) is 12.5. The molecule has 2 aromatic carbocycles. The molecule has 1 amide bonds. The Morgan fingerprint density at radius 1 is 1.12 bits per heavy atom. The molecule has 0 bridgehead atoms. The average molecular weight is 371 g/mol. The number of anilines is 2. The van der Waals surface area contributed by atoms with E-state index in [0.717, 1.165) is 5.56 Å². The number of halogens is 2. The molecule has 0 saturated heterocycles. The summed E-state index contributed by atoms with van der Waals surface area (Å²) >= 11 is 6.26. The molecule has 3 rings (SSSR count). The van der Waals surface area contributed by atoms with Crippen LogP contribution in [-0.2, 0) is 0 Å². The van der Waals surface area contributed by atoms with Gasteiger partial charge < -0.3 is 5.32 Å². The van der Waals surface area contributed by atoms with Crippen molar-refractivity contribution in [2.45, 2.75) is 6.92 Å². The molecular weight excluding hydrogens is 355 g/mol. The Balaban J connectivity index is 2.15. The summed E-state index contributed by atoms with van der Waals surface area (Å²) < 4.78 is 14.2. The molecule has 0 aliphatic rings. The van der Waals surface area contributed by atoms with Crippen molar-refractivity contribution in [3.05, 3.63) is 76.8 Å². The molecule has 0 aliphatic carbocycles. The number of nitrogens with two attached hydrogens (primary N) is 1. The number of nitrogens with one attached hydrogen (secondary N) is 2. The van der Waals surface area contributed by atoms with Crippen molar-refractivity contribution in [1.29, 1.82) is 0 Å². The molecule has 0 fully saturated rings. The Kier molecular flexibility index (Phi) is 5.16. The quantitative estimate of drug-likeness (QED) is 0.365. The van der Waals surface area contributed by atoms with Crippen LogP contribution >= 0.6 is 11.6 Å². The summed E-state index contributed by atoms with van der Waals surface area (Å²) in [4.78, 5) is 16.6. The number of aryl methyl sites for hydroxylation is 1. The molecule has 5 nitrogen and oxygen atoms in total. The number of aromatic nitrogens is 1. The zero-order chi connectivity index (χ0) is 18.7. The molecule has 0 radical (unpaired) electrons. The fraction of sp³-hybridized carbons (Fsp3) is 0.0526. The fourth-order valence-corrected chi connectivity index (χ4v) is 2.86. The maximum Gasteiger partial charge on any atom is 0.268 e. The highest BCUT2D eigenvalue weighted by molar-refractivity contribution is 6.33. The first-order valence-corrected chi connectivity index (χ1v) is 8.16. The zero-order valence-corrected chi connectivity index (χ0v) is 14.6. The van der Waals surface area contributed by atoms with E-state index in [1.807, 2.05) is 0 Å². The highest BCUT2D eigenvalue weighted by atomic mass is 35.5. The van der Waals surface area contributed by atoms with Crippen molar-refractivity contribution in [2.75, 3.05) is 5.32 Å². The monoisotopic (exact) mass is 370 g/mol. The molecule has 1 aromatic heterocycles. The summed E-state index contributed by atoms with van der Waals surface area (Å²) in [7, 11) is 0. The van der Waals surface area contributed by atoms with Gasteiger partial charge in [-0.2, -0.15) is 0 Å². The van der Waals surface area contributed by atoms with Crippen LogP contribution in [0.2, 0.25) is 5.02 Å². The van der Waals surface area contributed by atoms with Gasteiger partial charge in [0.05, 0.1) is 23.1 Å². The number of carbonyl (C=O) groups excluding carboxylic acids is 1. The minimum absolute atomic E-state index is 0.218. The lowest BCUT2D eigenvalue weighted by atomic mass is 10.00. The third-order valence-corrected chi connectivity index (χ3v) is 4.19. The van der Waals surface area contributed by atoms with Crippen molar-refractivity contribution in [3.8, 4) is 11.1 Å². The summed E-state index contributed by atoms with van der Waals surface area (Å²) in [6.45, 7) is 1.79. The average Bonchev–Trinajstić information content (AvgIpc) is 2.63. The van der Waals surface area contributed by atoms with Crippen LogP contribution in [0, 0.1) is 12.7 Å². The molecular formula is C19H16ClFN4O. The van der Waals surface area contributed by atoms with E-state index in [0.29, 0.717) is 21.8 Å². The van der Waals surface area contributed by atoms with Crippen LogP contribution in [-0.4, -0.2) is 10.9 Å². The van der Waals surface area contributed by atoms with Crippen LogP contribution in [0.1, 0.15) is 15.9 Å². The highest BCUT2D eigenvalue weighted by Crippen LogP contribution is 2.34. The van der Waals surface area contributed by atoms with Gasteiger partial charge in [0.25, 0.3) is 5.91 Å². The first-order valence-electron chi connectivity index (χ1n) is 7.78. The maximum absolute atomic E-state index is 14.2. The lowest BCUT2D eigenvalue weighted by molar-refractivity contribution is 0.0955. The largest absolute Gasteiger partial charge is 0.351 e. The first kappa shape index (κ1) is 17.8. The van der Waals surface area contributed by atoms with E-state index < -0.39 is 11.7 Å². The van der Waals surface area contributed by atoms with Crippen LogP contribution < -0.4 is 16.6 Å². The highest BCUT2D eigenvalue weighted by Gasteiger charge is 2.20.